The first kappa shape index (κ1) is 12.0. The molecule has 18 heavy (non-hydrogen) atoms. The summed E-state index contributed by atoms with van der Waals surface area (Å²) >= 11 is 0. The molecule has 0 aromatic heterocycles. The van der Waals surface area contributed by atoms with E-state index < -0.39 is 5.41 Å². The lowest BCUT2D eigenvalue weighted by molar-refractivity contribution is -0.132. The molecule has 0 atom stereocenters. The molecule has 0 bridgehead atoms. The predicted octanol–water partition coefficient (Wildman–Crippen LogP) is 1.61. The SMILES string of the molecule is N#CC1(C(=O)NCC2(C3CC3)CC2)CCOCC1. The first-order chi connectivity index (χ1) is 8.71. The van der Waals surface area contributed by atoms with E-state index in [2.05, 4.69) is 11.4 Å². The van der Waals surface area contributed by atoms with Gasteiger partial charge in [0.25, 0.3) is 0 Å². The van der Waals surface area contributed by atoms with Gasteiger partial charge >= 0.3 is 0 Å². The van der Waals surface area contributed by atoms with E-state index >= 15 is 0 Å². The van der Waals surface area contributed by atoms with E-state index in [0.717, 1.165) is 12.5 Å². The van der Waals surface area contributed by atoms with Crippen LogP contribution in [0, 0.1) is 28.1 Å². The predicted molar refractivity (Wildman–Crippen MR) is 65.5 cm³/mol. The quantitative estimate of drug-likeness (QED) is 0.822. The van der Waals surface area contributed by atoms with Crippen LogP contribution in [0.3, 0.4) is 0 Å². The Morgan fingerprint density at radius 3 is 2.44 bits per heavy atom. The van der Waals surface area contributed by atoms with Gasteiger partial charge in [-0.1, -0.05) is 0 Å². The number of nitrogens with zero attached hydrogens (tertiary/aromatic N) is 1. The Balaban J connectivity index is 1.58. The number of amides is 1. The third-order valence-corrected chi connectivity index (χ3v) is 4.93. The summed E-state index contributed by atoms with van der Waals surface area (Å²) in [6.07, 6.45) is 6.22. The number of nitriles is 1. The van der Waals surface area contributed by atoms with Gasteiger partial charge in [-0.25, -0.2) is 0 Å². The summed E-state index contributed by atoms with van der Waals surface area (Å²) in [6.45, 7) is 1.82. The van der Waals surface area contributed by atoms with E-state index in [1.165, 1.54) is 25.7 Å². The van der Waals surface area contributed by atoms with E-state index in [1.54, 1.807) is 0 Å². The molecule has 1 heterocycles. The molecule has 0 aromatic carbocycles. The van der Waals surface area contributed by atoms with E-state index in [1.807, 2.05) is 0 Å². The average Bonchev–Trinajstić information content (AvgIpc) is 3.29. The molecule has 2 saturated carbocycles. The Morgan fingerprint density at radius 2 is 1.94 bits per heavy atom. The van der Waals surface area contributed by atoms with Crippen LogP contribution in [0.1, 0.15) is 38.5 Å². The second-order valence-electron chi connectivity index (χ2n) is 6.13. The number of nitrogens with one attached hydrogen (secondary N) is 1. The topological polar surface area (TPSA) is 62.1 Å². The molecule has 2 aliphatic carbocycles. The summed E-state index contributed by atoms with van der Waals surface area (Å²) in [5, 5.41) is 12.4. The van der Waals surface area contributed by atoms with Gasteiger partial charge in [-0.05, 0) is 49.9 Å². The van der Waals surface area contributed by atoms with Crippen molar-refractivity contribution >= 4 is 5.91 Å². The van der Waals surface area contributed by atoms with Gasteiger partial charge in [0.2, 0.25) is 5.91 Å². The van der Waals surface area contributed by atoms with Gasteiger partial charge in [-0.15, -0.1) is 0 Å². The zero-order chi connectivity index (χ0) is 12.6. The molecular weight excluding hydrogens is 228 g/mol. The second-order valence-corrected chi connectivity index (χ2v) is 6.13. The number of hydrogen-bond donors (Lipinski definition) is 1. The Kier molecular flexibility index (Phi) is 2.82. The molecule has 3 aliphatic rings. The lowest BCUT2D eigenvalue weighted by Gasteiger charge is -2.30. The Hall–Kier alpha value is -1.08. The summed E-state index contributed by atoms with van der Waals surface area (Å²) < 4.78 is 5.25. The lowest BCUT2D eigenvalue weighted by Crippen LogP contribution is -2.45. The maximum Gasteiger partial charge on any atom is 0.240 e. The van der Waals surface area contributed by atoms with Gasteiger partial charge in [0.05, 0.1) is 6.07 Å². The summed E-state index contributed by atoms with van der Waals surface area (Å²) in [7, 11) is 0. The van der Waals surface area contributed by atoms with Gasteiger partial charge in [-0.3, -0.25) is 4.79 Å². The first-order valence-electron chi connectivity index (χ1n) is 6.98. The van der Waals surface area contributed by atoms with Crippen LogP contribution in [0.25, 0.3) is 0 Å². The number of ether oxygens (including phenoxy) is 1. The van der Waals surface area contributed by atoms with E-state index in [9.17, 15) is 10.1 Å². The number of rotatable bonds is 4. The second kappa shape index (κ2) is 4.24. The Morgan fingerprint density at radius 1 is 1.28 bits per heavy atom. The van der Waals surface area contributed by atoms with Crippen LogP contribution in [0.15, 0.2) is 0 Å². The third kappa shape index (κ3) is 2.01. The molecular formula is C14H20N2O2. The molecule has 0 unspecified atom stereocenters. The lowest BCUT2D eigenvalue weighted by atomic mass is 9.80. The van der Waals surface area contributed by atoms with Crippen molar-refractivity contribution in [1.29, 1.82) is 5.26 Å². The molecule has 0 spiro atoms. The maximum atomic E-state index is 12.3. The van der Waals surface area contributed by atoms with Crippen molar-refractivity contribution in [3.8, 4) is 6.07 Å². The molecule has 1 aliphatic heterocycles. The minimum absolute atomic E-state index is 0.0692. The first-order valence-corrected chi connectivity index (χ1v) is 6.98. The molecule has 1 amide bonds. The molecule has 4 heteroatoms. The summed E-state index contributed by atoms with van der Waals surface area (Å²) in [5.74, 6) is 0.769. The smallest absolute Gasteiger partial charge is 0.240 e. The number of hydrogen-bond acceptors (Lipinski definition) is 3. The van der Waals surface area contributed by atoms with Crippen LogP contribution in [0.2, 0.25) is 0 Å². The highest BCUT2D eigenvalue weighted by Crippen LogP contribution is 2.60. The van der Waals surface area contributed by atoms with Crippen molar-refractivity contribution in [1.82, 2.24) is 5.32 Å². The zero-order valence-corrected chi connectivity index (χ0v) is 10.7. The van der Waals surface area contributed by atoms with Crippen LogP contribution in [-0.2, 0) is 9.53 Å². The van der Waals surface area contributed by atoms with Gasteiger partial charge in [0, 0.05) is 19.8 Å². The monoisotopic (exact) mass is 248 g/mol. The van der Waals surface area contributed by atoms with Crippen LogP contribution >= 0.6 is 0 Å². The van der Waals surface area contributed by atoms with Crippen molar-refractivity contribution in [2.45, 2.75) is 38.5 Å². The fourth-order valence-corrected chi connectivity index (χ4v) is 3.12. The Bertz CT molecular complexity index is 385. The third-order valence-electron chi connectivity index (χ3n) is 4.93. The minimum Gasteiger partial charge on any atom is -0.381 e. The molecule has 4 nitrogen and oxygen atoms in total. The molecule has 98 valence electrons. The van der Waals surface area contributed by atoms with Crippen LogP contribution in [0.4, 0.5) is 0 Å². The highest BCUT2D eigenvalue weighted by atomic mass is 16.5. The van der Waals surface area contributed by atoms with Gasteiger partial charge in [0.1, 0.15) is 5.41 Å². The summed E-state index contributed by atoms with van der Waals surface area (Å²) in [5.41, 5.74) is -0.435. The van der Waals surface area contributed by atoms with Gasteiger partial charge < -0.3 is 10.1 Å². The van der Waals surface area contributed by atoms with Gasteiger partial charge in [0.15, 0.2) is 0 Å². The molecule has 3 rings (SSSR count). The number of carbonyl (C=O) groups is 1. The molecule has 1 saturated heterocycles. The van der Waals surface area contributed by atoms with E-state index in [4.69, 9.17) is 4.74 Å². The fraction of sp³-hybridized carbons (Fsp3) is 0.857. The van der Waals surface area contributed by atoms with Gasteiger partial charge in [-0.2, -0.15) is 5.26 Å². The average molecular weight is 248 g/mol. The van der Waals surface area contributed by atoms with E-state index in [0.29, 0.717) is 31.5 Å². The summed E-state index contributed by atoms with van der Waals surface area (Å²) in [6, 6.07) is 2.23. The van der Waals surface area contributed by atoms with E-state index in [-0.39, 0.29) is 5.91 Å². The molecule has 1 N–H and O–H groups in total. The Labute approximate surface area is 108 Å². The largest absolute Gasteiger partial charge is 0.381 e. The molecule has 3 fully saturated rings. The fourth-order valence-electron chi connectivity index (χ4n) is 3.12. The van der Waals surface area contributed by atoms with Crippen LogP contribution < -0.4 is 5.32 Å². The normalized spacial score (nSPS) is 28.2. The van der Waals surface area contributed by atoms with Crippen molar-refractivity contribution < 1.29 is 9.53 Å². The van der Waals surface area contributed by atoms with Crippen molar-refractivity contribution in [3.05, 3.63) is 0 Å². The van der Waals surface area contributed by atoms with Crippen LogP contribution in [-0.4, -0.2) is 25.7 Å². The van der Waals surface area contributed by atoms with Crippen molar-refractivity contribution in [3.63, 3.8) is 0 Å². The minimum atomic E-state index is -0.835. The van der Waals surface area contributed by atoms with Crippen molar-refractivity contribution in [2.24, 2.45) is 16.7 Å². The molecule has 0 radical (unpaired) electrons. The highest BCUT2D eigenvalue weighted by molar-refractivity contribution is 5.85. The standard InChI is InChI=1S/C14H20N2O2/c15-9-13(5-7-18-8-6-13)12(17)16-10-14(3-4-14)11-1-2-11/h11H,1-8,10H2,(H,16,17). The maximum absolute atomic E-state index is 12.3. The zero-order valence-electron chi connectivity index (χ0n) is 10.7. The summed E-state index contributed by atoms with van der Waals surface area (Å²) in [4.78, 5) is 12.3. The van der Waals surface area contributed by atoms with Crippen LogP contribution in [0.5, 0.6) is 0 Å². The molecule has 0 aromatic rings. The highest BCUT2D eigenvalue weighted by Gasteiger charge is 2.54. The van der Waals surface area contributed by atoms with Crippen molar-refractivity contribution in [2.75, 3.05) is 19.8 Å². The number of carbonyl (C=O) groups excluding carboxylic acids is 1.